The number of amides is 1. The number of hydrogen-bond donors (Lipinski definition) is 2. The van der Waals surface area contributed by atoms with Crippen LogP contribution in [0.1, 0.15) is 43.4 Å². The van der Waals surface area contributed by atoms with Crippen molar-refractivity contribution in [1.82, 2.24) is 19.9 Å². The topological polar surface area (TPSA) is 117 Å². The van der Waals surface area contributed by atoms with Crippen LogP contribution < -0.4 is 25.7 Å². The summed E-state index contributed by atoms with van der Waals surface area (Å²) in [5.74, 6) is 1.43. The predicted molar refractivity (Wildman–Crippen MR) is 137 cm³/mol. The Hall–Kier alpha value is -3.50. The number of pyridine rings is 3. The summed E-state index contributed by atoms with van der Waals surface area (Å²) in [6.45, 7) is 1.25. The van der Waals surface area contributed by atoms with Gasteiger partial charge in [0.1, 0.15) is 0 Å². The summed E-state index contributed by atoms with van der Waals surface area (Å²) in [5.41, 5.74) is 3.10. The van der Waals surface area contributed by atoms with Crippen LogP contribution in [0, 0.1) is 0 Å². The van der Waals surface area contributed by atoms with Crippen molar-refractivity contribution in [2.45, 2.75) is 56.2 Å². The third-order valence-electron chi connectivity index (χ3n) is 8.15. The molecule has 3 aromatic heterocycles. The maximum absolute atomic E-state index is 12.6. The van der Waals surface area contributed by atoms with Crippen molar-refractivity contribution in [2.24, 2.45) is 7.05 Å². The highest BCUT2D eigenvalue weighted by Crippen LogP contribution is 2.46. The molecule has 2 N–H and O–H groups in total. The second-order valence-corrected chi connectivity index (χ2v) is 10.4. The van der Waals surface area contributed by atoms with Gasteiger partial charge in [0.25, 0.3) is 11.5 Å². The van der Waals surface area contributed by atoms with Gasteiger partial charge in [0.15, 0.2) is 18.2 Å². The maximum Gasteiger partial charge on any atom is 0.263 e. The normalized spacial score (nSPS) is 24.4. The first kappa shape index (κ1) is 23.9. The van der Waals surface area contributed by atoms with Crippen molar-refractivity contribution in [1.29, 1.82) is 0 Å². The smallest absolute Gasteiger partial charge is 0.263 e. The predicted octanol–water partition coefficient (Wildman–Crippen LogP) is 2.47. The molecule has 3 fully saturated rings. The highest BCUT2D eigenvalue weighted by molar-refractivity contribution is 5.94. The number of anilines is 1. The number of nitrogens with zero attached hydrogens (tertiary/aromatic N) is 3. The van der Waals surface area contributed by atoms with Crippen molar-refractivity contribution < 1.29 is 19.0 Å². The number of hydrogen-bond acceptors (Lipinski definition) is 8. The van der Waals surface area contributed by atoms with Crippen molar-refractivity contribution >= 4 is 22.8 Å². The Morgan fingerprint density at radius 1 is 1.14 bits per heavy atom. The molecule has 0 aromatic carbocycles. The molecule has 4 aliphatic rings. The minimum atomic E-state index is -0.188. The van der Waals surface area contributed by atoms with Gasteiger partial charge in [-0.2, -0.15) is 0 Å². The van der Waals surface area contributed by atoms with Crippen LogP contribution in [0.5, 0.6) is 11.6 Å². The van der Waals surface area contributed by atoms with Crippen LogP contribution in [0.4, 0.5) is 5.82 Å². The van der Waals surface area contributed by atoms with E-state index < -0.39 is 0 Å². The molecule has 0 spiro atoms. The summed E-state index contributed by atoms with van der Waals surface area (Å²) in [7, 11) is 3.36. The second-order valence-electron chi connectivity index (χ2n) is 10.4. The van der Waals surface area contributed by atoms with E-state index in [0.717, 1.165) is 60.8 Å². The third kappa shape index (κ3) is 4.44. The lowest BCUT2D eigenvalue weighted by atomic mass is 9.69. The zero-order chi connectivity index (χ0) is 25.6. The summed E-state index contributed by atoms with van der Waals surface area (Å²) >= 11 is 0. The standard InChI is InChI=1S/C27H31N5O5/c1-32-19-4-6-22(35-2)31-24(19)17(13-23(32)34)7-8-27-11-9-26(10-12-27,16-37-27)28-14-18-3-5-20-25(29-18)30-21(33)15-36-20/h3-6,13,28H,7-12,14-16H2,1-2H3,(H,29,30,33). The fourth-order valence-electron chi connectivity index (χ4n) is 5.74. The summed E-state index contributed by atoms with van der Waals surface area (Å²) in [6, 6.07) is 9.15. The first-order valence-electron chi connectivity index (χ1n) is 12.7. The highest BCUT2D eigenvalue weighted by Gasteiger charge is 2.49. The molecule has 2 saturated heterocycles. The molecular formula is C27H31N5O5. The number of methoxy groups -OCH3 is 1. The summed E-state index contributed by atoms with van der Waals surface area (Å²) < 4.78 is 18.9. The molecule has 1 amide bonds. The number of carbonyl (C=O) groups excluding carboxylic acids is 1. The van der Waals surface area contributed by atoms with Gasteiger partial charge in [-0.25, -0.2) is 9.97 Å². The molecule has 0 unspecified atom stereocenters. The molecule has 10 heteroatoms. The number of rotatable bonds is 7. The van der Waals surface area contributed by atoms with Crippen molar-refractivity contribution in [3.63, 3.8) is 0 Å². The van der Waals surface area contributed by atoms with Gasteiger partial charge < -0.3 is 29.4 Å². The minimum absolute atomic E-state index is 0.0241. The van der Waals surface area contributed by atoms with Crippen molar-refractivity contribution in [3.8, 4) is 11.6 Å². The number of aryl methyl sites for hydroxylation is 2. The lowest BCUT2D eigenvalue weighted by molar-refractivity contribution is -0.165. The molecule has 10 nitrogen and oxygen atoms in total. The molecule has 194 valence electrons. The number of ether oxygens (including phenoxy) is 3. The van der Waals surface area contributed by atoms with Gasteiger partial charge >= 0.3 is 0 Å². The molecule has 0 atom stereocenters. The van der Waals surface area contributed by atoms with Gasteiger partial charge in [-0.1, -0.05) is 0 Å². The molecule has 1 saturated carbocycles. The molecule has 1 aliphatic carbocycles. The Labute approximate surface area is 214 Å². The van der Waals surface area contributed by atoms with E-state index in [-0.39, 0.29) is 29.2 Å². The number of nitrogens with one attached hydrogen (secondary N) is 2. The van der Waals surface area contributed by atoms with Crippen molar-refractivity contribution in [2.75, 3.05) is 25.6 Å². The Kier molecular flexibility index (Phi) is 5.88. The van der Waals surface area contributed by atoms with Gasteiger partial charge in [-0.05, 0) is 62.3 Å². The van der Waals surface area contributed by atoms with Gasteiger partial charge in [0.2, 0.25) is 5.88 Å². The largest absolute Gasteiger partial charge is 0.481 e. The van der Waals surface area contributed by atoms with Crippen LogP contribution in [0.15, 0.2) is 35.1 Å². The van der Waals surface area contributed by atoms with Crippen molar-refractivity contribution in [3.05, 3.63) is 51.9 Å². The first-order chi connectivity index (χ1) is 17.9. The zero-order valence-electron chi connectivity index (χ0n) is 21.1. The molecule has 3 aliphatic heterocycles. The molecular weight excluding hydrogens is 474 g/mol. The SMILES string of the molecule is COc1ccc2c(n1)c(CCC13CCC(NCc4ccc5c(n4)NC(=O)CO5)(CC1)CO3)cc(=O)n2C. The Morgan fingerprint density at radius 2 is 1.97 bits per heavy atom. The third-order valence-corrected chi connectivity index (χ3v) is 8.15. The molecule has 7 rings (SSSR count). The second kappa shape index (κ2) is 9.11. The van der Waals surface area contributed by atoms with E-state index in [1.54, 1.807) is 30.9 Å². The van der Waals surface area contributed by atoms with E-state index in [0.29, 0.717) is 30.6 Å². The average Bonchev–Trinajstić information content (AvgIpc) is 2.93. The lowest BCUT2D eigenvalue weighted by Crippen LogP contribution is -2.61. The first-order valence-corrected chi connectivity index (χ1v) is 12.7. The lowest BCUT2D eigenvalue weighted by Gasteiger charge is -2.53. The summed E-state index contributed by atoms with van der Waals surface area (Å²) in [4.78, 5) is 33.4. The summed E-state index contributed by atoms with van der Waals surface area (Å²) in [5, 5.41) is 6.46. The van der Waals surface area contributed by atoms with E-state index in [4.69, 9.17) is 14.2 Å². The van der Waals surface area contributed by atoms with E-state index in [9.17, 15) is 9.59 Å². The van der Waals surface area contributed by atoms with E-state index in [1.807, 2.05) is 18.2 Å². The number of fused-ring (bicyclic) bond motifs is 5. The van der Waals surface area contributed by atoms with Crippen LogP contribution >= 0.6 is 0 Å². The van der Waals surface area contributed by atoms with E-state index >= 15 is 0 Å². The van der Waals surface area contributed by atoms with Gasteiger partial charge in [0, 0.05) is 31.3 Å². The maximum atomic E-state index is 12.6. The fraction of sp³-hybridized carbons (Fsp3) is 0.481. The molecule has 3 aromatic rings. The molecule has 37 heavy (non-hydrogen) atoms. The average molecular weight is 506 g/mol. The Bertz CT molecular complexity index is 1410. The van der Waals surface area contributed by atoms with Gasteiger partial charge in [-0.3, -0.25) is 9.59 Å². The van der Waals surface area contributed by atoms with Crippen LogP contribution in [-0.4, -0.2) is 51.9 Å². The minimum Gasteiger partial charge on any atom is -0.481 e. The summed E-state index contributed by atoms with van der Waals surface area (Å²) in [6.07, 6.45) is 5.51. The molecule has 0 radical (unpaired) electrons. The number of aromatic nitrogens is 3. The Balaban J connectivity index is 1.11. The van der Waals surface area contributed by atoms with E-state index in [2.05, 4.69) is 20.6 Å². The van der Waals surface area contributed by atoms with Gasteiger partial charge in [0.05, 0.1) is 36.0 Å². The highest BCUT2D eigenvalue weighted by atomic mass is 16.5. The molecule has 2 bridgehead atoms. The van der Waals surface area contributed by atoms with Gasteiger partial charge in [-0.15, -0.1) is 0 Å². The van der Waals surface area contributed by atoms with Crippen LogP contribution in [0.3, 0.4) is 0 Å². The van der Waals surface area contributed by atoms with Crippen LogP contribution in [0.2, 0.25) is 0 Å². The number of carbonyl (C=O) groups is 1. The van der Waals surface area contributed by atoms with E-state index in [1.165, 1.54) is 0 Å². The fourth-order valence-corrected chi connectivity index (χ4v) is 5.74. The quantitative estimate of drug-likeness (QED) is 0.503. The van der Waals surface area contributed by atoms with Crippen LogP contribution in [-0.2, 0) is 29.5 Å². The molecule has 6 heterocycles. The Morgan fingerprint density at radius 3 is 2.73 bits per heavy atom. The zero-order valence-corrected chi connectivity index (χ0v) is 21.1. The van der Waals surface area contributed by atoms with Crippen LogP contribution in [0.25, 0.3) is 11.0 Å². The monoisotopic (exact) mass is 505 g/mol.